The number of ether oxygens (including phenoxy) is 2. The summed E-state index contributed by atoms with van der Waals surface area (Å²) in [5, 5.41) is 2.75. The van der Waals surface area contributed by atoms with Crippen LogP contribution in [0, 0.1) is 0 Å². The first-order chi connectivity index (χ1) is 16.8. The average molecular weight is 450 g/mol. The van der Waals surface area contributed by atoms with Crippen molar-refractivity contribution in [2.45, 2.75) is 25.9 Å². The minimum absolute atomic E-state index is 0.0329. The second-order valence-electron chi connectivity index (χ2n) is 8.84. The van der Waals surface area contributed by atoms with E-state index in [0.717, 1.165) is 69.5 Å². The molecule has 0 fully saturated rings. The molecule has 0 atom stereocenters. The summed E-state index contributed by atoms with van der Waals surface area (Å²) >= 11 is 0. The molecule has 2 aliphatic heterocycles. The first kappa shape index (κ1) is 19.3. The minimum Gasteiger partial charge on any atom is -0.486 e. The third kappa shape index (κ3) is 2.93. The van der Waals surface area contributed by atoms with Crippen LogP contribution in [0.2, 0.25) is 0 Å². The van der Waals surface area contributed by atoms with Crippen molar-refractivity contribution in [1.82, 2.24) is 19.1 Å². The summed E-state index contributed by atoms with van der Waals surface area (Å²) in [5.41, 5.74) is 5.03. The molecule has 0 saturated carbocycles. The largest absolute Gasteiger partial charge is 0.486 e. The Balaban J connectivity index is 1.42. The van der Waals surface area contributed by atoms with E-state index in [0.29, 0.717) is 19.8 Å². The van der Waals surface area contributed by atoms with E-state index in [2.05, 4.69) is 21.7 Å². The molecule has 0 radical (unpaired) electrons. The molecule has 2 aliphatic rings. The quantitative estimate of drug-likeness (QED) is 0.403. The lowest BCUT2D eigenvalue weighted by Gasteiger charge is -2.20. The van der Waals surface area contributed by atoms with Crippen molar-refractivity contribution in [3.05, 3.63) is 82.7 Å². The van der Waals surface area contributed by atoms with E-state index in [1.54, 1.807) is 6.20 Å². The van der Waals surface area contributed by atoms with Crippen LogP contribution in [0.3, 0.4) is 0 Å². The molecule has 0 spiro atoms. The molecule has 3 aromatic heterocycles. The Morgan fingerprint density at radius 3 is 2.71 bits per heavy atom. The molecule has 7 heteroatoms. The normalized spacial score (nSPS) is 13.9. The number of hydrogen-bond donors (Lipinski definition) is 0. The van der Waals surface area contributed by atoms with Gasteiger partial charge in [-0.15, -0.1) is 0 Å². The van der Waals surface area contributed by atoms with Crippen LogP contribution in [0.4, 0.5) is 0 Å². The lowest BCUT2D eigenvalue weighted by molar-refractivity contribution is 0.172. The monoisotopic (exact) mass is 450 g/mol. The van der Waals surface area contributed by atoms with E-state index in [4.69, 9.17) is 14.5 Å². The van der Waals surface area contributed by atoms with Gasteiger partial charge in [-0.2, -0.15) is 0 Å². The molecule has 7 rings (SSSR count). The number of aromatic nitrogens is 4. The third-order valence-electron chi connectivity index (χ3n) is 6.85. The van der Waals surface area contributed by atoms with Crippen molar-refractivity contribution >= 4 is 21.7 Å². The zero-order valence-corrected chi connectivity index (χ0v) is 18.5. The fraction of sp³-hybridized carbons (Fsp3) is 0.222. The number of pyridine rings is 2. The van der Waals surface area contributed by atoms with Crippen LogP contribution < -0.4 is 15.0 Å². The Hall–Kier alpha value is -4.13. The van der Waals surface area contributed by atoms with Gasteiger partial charge in [0.25, 0.3) is 5.56 Å². The van der Waals surface area contributed by atoms with Gasteiger partial charge in [0, 0.05) is 41.3 Å². The predicted octanol–water partition coefficient (Wildman–Crippen LogP) is 4.18. The summed E-state index contributed by atoms with van der Waals surface area (Å²) < 4.78 is 15.7. The highest BCUT2D eigenvalue weighted by atomic mass is 16.6. The van der Waals surface area contributed by atoms with Crippen LogP contribution in [0.25, 0.3) is 33.1 Å². The predicted molar refractivity (Wildman–Crippen MR) is 130 cm³/mol. The zero-order chi connectivity index (χ0) is 22.6. The van der Waals surface area contributed by atoms with Crippen molar-refractivity contribution in [3.8, 4) is 22.9 Å². The Labute approximate surface area is 195 Å². The Morgan fingerprint density at radius 2 is 1.85 bits per heavy atom. The number of fused-ring (bicyclic) bond motifs is 6. The summed E-state index contributed by atoms with van der Waals surface area (Å²) in [6.45, 7) is 2.48. The van der Waals surface area contributed by atoms with Crippen LogP contribution in [-0.4, -0.2) is 32.3 Å². The fourth-order valence-electron chi connectivity index (χ4n) is 5.24. The highest BCUT2D eigenvalue weighted by molar-refractivity contribution is 5.92. The number of benzene rings is 2. The molecule has 0 bridgehead atoms. The highest BCUT2D eigenvalue weighted by Crippen LogP contribution is 2.41. The molecule has 0 amide bonds. The second-order valence-corrected chi connectivity index (χ2v) is 8.84. The first-order valence-corrected chi connectivity index (χ1v) is 11.6. The summed E-state index contributed by atoms with van der Waals surface area (Å²) in [5.74, 6) is 1.49. The summed E-state index contributed by atoms with van der Waals surface area (Å²) in [6, 6.07) is 13.9. The van der Waals surface area contributed by atoms with Gasteiger partial charge in [-0.25, -0.2) is 9.97 Å². The second kappa shape index (κ2) is 7.45. The van der Waals surface area contributed by atoms with Gasteiger partial charge < -0.3 is 18.6 Å². The smallest absolute Gasteiger partial charge is 0.259 e. The molecular weight excluding hydrogens is 428 g/mol. The van der Waals surface area contributed by atoms with Gasteiger partial charge in [0.1, 0.15) is 13.2 Å². The van der Waals surface area contributed by atoms with E-state index < -0.39 is 0 Å². The SMILES string of the molecule is O=c1c2ccccc2cc2n1Cc1c-2nc2cc3c(cc2c1CCCn1ccnc1)OCCO3. The summed E-state index contributed by atoms with van der Waals surface area (Å²) in [4.78, 5) is 22.6. The minimum atomic E-state index is 0.0329. The molecule has 0 unspecified atom stereocenters. The highest BCUT2D eigenvalue weighted by Gasteiger charge is 2.27. The molecular formula is C27H22N4O3. The van der Waals surface area contributed by atoms with Gasteiger partial charge in [-0.3, -0.25) is 4.79 Å². The van der Waals surface area contributed by atoms with E-state index in [-0.39, 0.29) is 5.56 Å². The maximum absolute atomic E-state index is 13.4. The van der Waals surface area contributed by atoms with Crippen LogP contribution >= 0.6 is 0 Å². The van der Waals surface area contributed by atoms with Crippen molar-refractivity contribution in [1.29, 1.82) is 0 Å². The maximum Gasteiger partial charge on any atom is 0.259 e. The zero-order valence-electron chi connectivity index (χ0n) is 18.5. The molecule has 7 nitrogen and oxygen atoms in total. The van der Waals surface area contributed by atoms with Crippen molar-refractivity contribution in [2.75, 3.05) is 13.2 Å². The molecule has 168 valence electrons. The van der Waals surface area contributed by atoms with Gasteiger partial charge in [0.2, 0.25) is 0 Å². The van der Waals surface area contributed by atoms with Crippen LogP contribution in [-0.2, 0) is 19.5 Å². The number of hydrogen-bond acceptors (Lipinski definition) is 5. The molecule has 0 N–H and O–H groups in total. The molecule has 0 aliphatic carbocycles. The Kier molecular flexibility index (Phi) is 4.24. The molecule has 0 saturated heterocycles. The number of rotatable bonds is 4. The molecule has 5 heterocycles. The first-order valence-electron chi connectivity index (χ1n) is 11.6. The summed E-state index contributed by atoms with van der Waals surface area (Å²) in [7, 11) is 0. The lowest BCUT2D eigenvalue weighted by atomic mass is 9.96. The van der Waals surface area contributed by atoms with E-state index in [1.165, 1.54) is 5.56 Å². The third-order valence-corrected chi connectivity index (χ3v) is 6.85. The Morgan fingerprint density at radius 1 is 1.00 bits per heavy atom. The van der Waals surface area contributed by atoms with Crippen molar-refractivity contribution < 1.29 is 9.47 Å². The van der Waals surface area contributed by atoms with Crippen molar-refractivity contribution in [3.63, 3.8) is 0 Å². The van der Waals surface area contributed by atoms with E-state index in [9.17, 15) is 4.79 Å². The van der Waals surface area contributed by atoms with Gasteiger partial charge in [0.05, 0.1) is 29.8 Å². The molecule has 2 aromatic carbocycles. The van der Waals surface area contributed by atoms with E-state index in [1.807, 2.05) is 47.4 Å². The van der Waals surface area contributed by atoms with Gasteiger partial charge in [-0.1, -0.05) is 18.2 Å². The van der Waals surface area contributed by atoms with Crippen LogP contribution in [0.15, 0.2) is 66.0 Å². The lowest BCUT2D eigenvalue weighted by Crippen LogP contribution is -2.19. The number of imidazole rings is 1. The molecule has 34 heavy (non-hydrogen) atoms. The number of nitrogens with zero attached hydrogens (tertiary/aromatic N) is 4. The molecule has 5 aromatic rings. The van der Waals surface area contributed by atoms with Crippen LogP contribution in [0.5, 0.6) is 11.5 Å². The number of aryl methyl sites for hydroxylation is 2. The van der Waals surface area contributed by atoms with Gasteiger partial charge in [0.15, 0.2) is 11.5 Å². The summed E-state index contributed by atoms with van der Waals surface area (Å²) in [6.07, 6.45) is 7.44. The fourth-order valence-corrected chi connectivity index (χ4v) is 5.24. The Bertz CT molecular complexity index is 1640. The van der Waals surface area contributed by atoms with E-state index >= 15 is 0 Å². The van der Waals surface area contributed by atoms with Gasteiger partial charge in [-0.05, 0) is 42.0 Å². The van der Waals surface area contributed by atoms with Crippen LogP contribution in [0.1, 0.15) is 17.5 Å². The topological polar surface area (TPSA) is 71.2 Å². The maximum atomic E-state index is 13.4. The average Bonchev–Trinajstić information content (AvgIpc) is 3.51. The van der Waals surface area contributed by atoms with Crippen molar-refractivity contribution in [2.24, 2.45) is 0 Å². The van der Waals surface area contributed by atoms with Gasteiger partial charge >= 0.3 is 0 Å². The standard InChI is InChI=1S/C27H22N4O3/c32-27-18-5-2-1-4-17(18)12-23-26-21(15-31(23)27)19(6-3-8-30-9-7-28-16-30)20-13-24-25(14-22(20)29-26)34-11-10-33-24/h1-2,4-5,7,9,12-14,16H,3,6,8,10-11,15H2.